The number of aliphatic carboxylic acids is 1. The largest absolute Gasteiger partial charge is 0.480 e. The fourth-order valence-electron chi connectivity index (χ4n) is 1.71. The van der Waals surface area contributed by atoms with Gasteiger partial charge in [-0.2, -0.15) is 0 Å². The van der Waals surface area contributed by atoms with Gasteiger partial charge in [-0.3, -0.25) is 0 Å². The Kier molecular flexibility index (Phi) is 1.29. The third-order valence-corrected chi connectivity index (χ3v) is 2.48. The third-order valence-electron chi connectivity index (χ3n) is 2.48. The molecule has 0 amide bonds. The zero-order valence-electron chi connectivity index (χ0n) is 6.50. The molecule has 0 aliphatic heterocycles. The van der Waals surface area contributed by atoms with Crippen LogP contribution in [0.25, 0.3) is 0 Å². The fourth-order valence-corrected chi connectivity index (χ4v) is 1.71. The molecule has 0 saturated carbocycles. The molecule has 1 atom stereocenters. The summed E-state index contributed by atoms with van der Waals surface area (Å²) in [6.45, 7) is 0. The van der Waals surface area contributed by atoms with Gasteiger partial charge in [0.1, 0.15) is 5.54 Å². The van der Waals surface area contributed by atoms with E-state index in [1.54, 1.807) is 6.20 Å². The van der Waals surface area contributed by atoms with E-state index >= 15 is 0 Å². The molecule has 4 nitrogen and oxygen atoms in total. The number of fused-ring (bicyclic) bond motifs is 1. The Bertz CT molecular complexity index is 332. The molecule has 0 saturated heterocycles. The van der Waals surface area contributed by atoms with Crippen LogP contribution in [0.1, 0.15) is 17.5 Å². The molecule has 0 radical (unpaired) electrons. The normalized spacial score (nSPS) is 27.1. The molecule has 4 N–H and O–H groups in total. The average Bonchev–Trinajstić information content (AvgIpc) is 2.54. The van der Waals surface area contributed by atoms with Crippen molar-refractivity contribution in [2.45, 2.75) is 18.4 Å². The summed E-state index contributed by atoms with van der Waals surface area (Å²) in [6, 6.07) is 0. The minimum Gasteiger partial charge on any atom is -0.480 e. The molecule has 1 unspecified atom stereocenters. The van der Waals surface area contributed by atoms with Gasteiger partial charge < -0.3 is 15.8 Å². The topological polar surface area (TPSA) is 79.1 Å². The van der Waals surface area contributed by atoms with E-state index in [1.165, 1.54) is 0 Å². The van der Waals surface area contributed by atoms with Gasteiger partial charge in [0.2, 0.25) is 0 Å². The molecule has 2 rings (SSSR count). The van der Waals surface area contributed by atoms with Crippen LogP contribution in [-0.4, -0.2) is 16.1 Å². The van der Waals surface area contributed by atoms with E-state index < -0.39 is 11.5 Å². The molecule has 0 fully saturated rings. The zero-order chi connectivity index (χ0) is 8.77. The summed E-state index contributed by atoms with van der Waals surface area (Å²) in [7, 11) is 0. The van der Waals surface area contributed by atoms with E-state index in [0.29, 0.717) is 6.42 Å². The lowest BCUT2D eigenvalue weighted by molar-refractivity contribution is -0.143. The number of nitrogens with two attached hydrogens (primary N) is 1. The minimum absolute atomic E-state index is 0.502. The van der Waals surface area contributed by atoms with Crippen molar-refractivity contribution in [2.24, 2.45) is 5.73 Å². The van der Waals surface area contributed by atoms with Crippen LogP contribution in [0.2, 0.25) is 0 Å². The Hall–Kier alpha value is -1.29. The lowest BCUT2D eigenvalue weighted by atomic mass is 9.96. The van der Waals surface area contributed by atoms with E-state index in [-0.39, 0.29) is 0 Å². The molecule has 0 aromatic carbocycles. The van der Waals surface area contributed by atoms with Crippen LogP contribution in [-0.2, 0) is 16.8 Å². The minimum atomic E-state index is -1.16. The lowest BCUT2D eigenvalue weighted by Crippen LogP contribution is -2.42. The van der Waals surface area contributed by atoms with Gasteiger partial charge in [0.25, 0.3) is 0 Å². The number of hydrogen-bond donors (Lipinski definition) is 3. The van der Waals surface area contributed by atoms with Crippen molar-refractivity contribution >= 4 is 5.97 Å². The predicted octanol–water partition coefficient (Wildman–Crippen LogP) is 0.199. The molecule has 1 aromatic heterocycles. The molecule has 1 aliphatic rings. The first-order valence-corrected chi connectivity index (χ1v) is 3.83. The van der Waals surface area contributed by atoms with E-state index in [4.69, 9.17) is 10.8 Å². The van der Waals surface area contributed by atoms with Crippen molar-refractivity contribution in [3.63, 3.8) is 0 Å². The first kappa shape index (κ1) is 7.36. The molecule has 64 valence electrons. The summed E-state index contributed by atoms with van der Waals surface area (Å²) in [5.41, 5.74) is 6.34. The number of H-pyrrole nitrogens is 1. The Balaban J connectivity index is 2.51. The van der Waals surface area contributed by atoms with E-state index in [9.17, 15) is 4.79 Å². The maximum atomic E-state index is 10.8. The Morgan fingerprint density at radius 3 is 3.08 bits per heavy atom. The first-order valence-electron chi connectivity index (χ1n) is 3.83. The second-order valence-electron chi connectivity index (χ2n) is 3.17. The highest BCUT2D eigenvalue weighted by molar-refractivity contribution is 5.82. The van der Waals surface area contributed by atoms with Crippen LogP contribution in [0.4, 0.5) is 0 Å². The van der Waals surface area contributed by atoms with Crippen LogP contribution in [0.5, 0.6) is 0 Å². The molecule has 0 bridgehead atoms. The second kappa shape index (κ2) is 2.10. The molecule has 4 heteroatoms. The molecular formula is C8H10N2O2. The van der Waals surface area contributed by atoms with Crippen molar-refractivity contribution in [1.29, 1.82) is 0 Å². The Morgan fingerprint density at radius 2 is 2.42 bits per heavy atom. The molecule has 12 heavy (non-hydrogen) atoms. The highest BCUT2D eigenvalue weighted by atomic mass is 16.4. The summed E-state index contributed by atoms with van der Waals surface area (Å²) >= 11 is 0. The fraction of sp³-hybridized carbons (Fsp3) is 0.375. The number of aryl methyl sites for hydroxylation is 1. The highest BCUT2D eigenvalue weighted by Gasteiger charge is 2.42. The summed E-state index contributed by atoms with van der Waals surface area (Å²) < 4.78 is 0. The summed E-state index contributed by atoms with van der Waals surface area (Å²) in [6.07, 6.45) is 4.74. The zero-order valence-corrected chi connectivity index (χ0v) is 6.50. The number of carbonyl (C=O) groups is 1. The number of nitrogens with one attached hydrogen (secondary N) is 1. The second-order valence-corrected chi connectivity index (χ2v) is 3.17. The first-order chi connectivity index (χ1) is 5.64. The van der Waals surface area contributed by atoms with Gasteiger partial charge in [0, 0.05) is 18.0 Å². The van der Waals surface area contributed by atoms with E-state index in [0.717, 1.165) is 17.5 Å². The summed E-state index contributed by atoms with van der Waals surface area (Å²) in [5, 5.41) is 8.90. The Labute approximate surface area is 69.4 Å². The average molecular weight is 166 g/mol. The van der Waals surface area contributed by atoms with Gasteiger partial charge in [-0.1, -0.05) is 0 Å². The van der Waals surface area contributed by atoms with Crippen LogP contribution in [0.3, 0.4) is 0 Å². The van der Waals surface area contributed by atoms with Crippen molar-refractivity contribution in [2.75, 3.05) is 0 Å². The number of rotatable bonds is 1. The van der Waals surface area contributed by atoms with Crippen molar-refractivity contribution in [1.82, 2.24) is 4.98 Å². The maximum Gasteiger partial charge on any atom is 0.328 e. The lowest BCUT2D eigenvalue weighted by Gasteiger charge is -2.17. The van der Waals surface area contributed by atoms with Crippen LogP contribution in [0.15, 0.2) is 12.4 Å². The summed E-state index contributed by atoms with van der Waals surface area (Å²) in [4.78, 5) is 13.7. The van der Waals surface area contributed by atoms with Crippen molar-refractivity contribution in [3.8, 4) is 0 Å². The number of aromatic amines is 1. The van der Waals surface area contributed by atoms with Crippen LogP contribution in [0, 0.1) is 0 Å². The van der Waals surface area contributed by atoms with Gasteiger partial charge in [0.15, 0.2) is 0 Å². The SMILES string of the molecule is NC1(C(=O)O)CCc2c[nH]cc21. The van der Waals surface area contributed by atoms with Crippen LogP contribution >= 0.6 is 0 Å². The summed E-state index contributed by atoms with van der Waals surface area (Å²) in [5.74, 6) is -0.944. The monoisotopic (exact) mass is 166 g/mol. The molecule has 1 aliphatic carbocycles. The van der Waals surface area contributed by atoms with Gasteiger partial charge in [-0.05, 0) is 18.4 Å². The number of hydrogen-bond acceptors (Lipinski definition) is 2. The standard InChI is InChI=1S/C8H10N2O2/c9-8(7(11)12)2-1-5-3-10-4-6(5)8/h3-4,10H,1-2,9H2,(H,11,12). The molecule has 1 heterocycles. The van der Waals surface area contributed by atoms with E-state index in [2.05, 4.69) is 4.98 Å². The molecular weight excluding hydrogens is 156 g/mol. The molecule has 1 aromatic rings. The van der Waals surface area contributed by atoms with Gasteiger partial charge >= 0.3 is 5.97 Å². The smallest absolute Gasteiger partial charge is 0.328 e. The van der Waals surface area contributed by atoms with Gasteiger partial charge in [0.05, 0.1) is 0 Å². The van der Waals surface area contributed by atoms with Gasteiger partial charge in [-0.15, -0.1) is 0 Å². The number of carboxylic acid groups (broad SMARTS) is 1. The number of aromatic nitrogens is 1. The highest BCUT2D eigenvalue weighted by Crippen LogP contribution is 2.34. The predicted molar refractivity (Wildman–Crippen MR) is 42.6 cm³/mol. The van der Waals surface area contributed by atoms with Gasteiger partial charge in [-0.25, -0.2) is 4.79 Å². The third kappa shape index (κ3) is 0.726. The molecule has 0 spiro atoms. The Morgan fingerprint density at radius 1 is 1.67 bits per heavy atom. The number of carboxylic acids is 1. The van der Waals surface area contributed by atoms with Crippen molar-refractivity contribution < 1.29 is 9.90 Å². The van der Waals surface area contributed by atoms with E-state index in [1.807, 2.05) is 6.20 Å². The van der Waals surface area contributed by atoms with Crippen LogP contribution < -0.4 is 5.73 Å². The quantitative estimate of drug-likeness (QED) is 0.557. The maximum absolute atomic E-state index is 10.8. The van der Waals surface area contributed by atoms with Crippen molar-refractivity contribution in [3.05, 3.63) is 23.5 Å².